The monoisotopic (exact) mass is 235 g/mol. The number of oxime groups is 1. The normalized spacial score (nSPS) is 11.6. The number of hydrogen-bond acceptors (Lipinski definition) is 3. The van der Waals surface area contributed by atoms with E-state index >= 15 is 0 Å². The average Bonchev–Trinajstić information content (AvgIpc) is 2.36. The third-order valence-electron chi connectivity index (χ3n) is 2.46. The van der Waals surface area contributed by atoms with Gasteiger partial charge in [0, 0.05) is 24.2 Å². The molecule has 0 heterocycles. The molecule has 0 aromatic heterocycles. The van der Waals surface area contributed by atoms with Crippen LogP contribution in [-0.2, 0) is 4.79 Å². The number of benzene rings is 1. The van der Waals surface area contributed by atoms with Gasteiger partial charge in [0.15, 0.2) is 5.84 Å². The van der Waals surface area contributed by atoms with Gasteiger partial charge in [-0.15, -0.1) is 0 Å². The molecular weight excluding hydrogens is 218 g/mol. The summed E-state index contributed by atoms with van der Waals surface area (Å²) in [6.45, 7) is 3.68. The lowest BCUT2D eigenvalue weighted by Crippen LogP contribution is -2.30. The van der Waals surface area contributed by atoms with Crippen LogP contribution in [0.25, 0.3) is 0 Å². The molecule has 0 bridgehead atoms. The average molecular weight is 235 g/mol. The molecule has 0 saturated heterocycles. The zero-order valence-corrected chi connectivity index (χ0v) is 10.2. The number of amidine groups is 1. The second-order valence-electron chi connectivity index (χ2n) is 4.09. The standard InChI is InChI=1S/C12H17N3O2/c1-8(2)12(16)15(3)10-6-4-5-9(7-10)11(13)14-17/h4-8,17H,1-3H3,(H2,13,14). The van der Waals surface area contributed by atoms with Crippen molar-refractivity contribution in [2.75, 3.05) is 11.9 Å². The number of nitrogens with zero attached hydrogens (tertiary/aromatic N) is 2. The smallest absolute Gasteiger partial charge is 0.229 e. The lowest BCUT2D eigenvalue weighted by Gasteiger charge is -2.20. The van der Waals surface area contributed by atoms with Crippen molar-refractivity contribution in [1.82, 2.24) is 0 Å². The minimum Gasteiger partial charge on any atom is -0.409 e. The van der Waals surface area contributed by atoms with E-state index in [2.05, 4.69) is 5.16 Å². The second-order valence-corrected chi connectivity index (χ2v) is 4.09. The largest absolute Gasteiger partial charge is 0.409 e. The second kappa shape index (κ2) is 5.34. The maximum atomic E-state index is 11.8. The summed E-state index contributed by atoms with van der Waals surface area (Å²) in [5, 5.41) is 11.5. The van der Waals surface area contributed by atoms with Gasteiger partial charge in [-0.2, -0.15) is 0 Å². The van der Waals surface area contributed by atoms with Crippen LogP contribution in [0.2, 0.25) is 0 Å². The van der Waals surface area contributed by atoms with Crippen LogP contribution in [0.1, 0.15) is 19.4 Å². The van der Waals surface area contributed by atoms with Gasteiger partial charge in [0.05, 0.1) is 0 Å². The fourth-order valence-corrected chi connectivity index (χ4v) is 1.45. The maximum absolute atomic E-state index is 11.8. The topological polar surface area (TPSA) is 78.9 Å². The van der Waals surface area contributed by atoms with Crippen LogP contribution < -0.4 is 10.6 Å². The minimum atomic E-state index is -0.0764. The summed E-state index contributed by atoms with van der Waals surface area (Å²) >= 11 is 0. The van der Waals surface area contributed by atoms with E-state index in [-0.39, 0.29) is 17.7 Å². The van der Waals surface area contributed by atoms with Crippen molar-refractivity contribution >= 4 is 17.4 Å². The van der Waals surface area contributed by atoms with E-state index in [0.29, 0.717) is 11.3 Å². The van der Waals surface area contributed by atoms with E-state index in [1.54, 1.807) is 36.2 Å². The molecule has 5 nitrogen and oxygen atoms in total. The van der Waals surface area contributed by atoms with Crippen LogP contribution in [0.5, 0.6) is 0 Å². The summed E-state index contributed by atoms with van der Waals surface area (Å²) in [5.74, 6) is -0.0357. The number of carbonyl (C=O) groups is 1. The molecule has 1 aromatic carbocycles. The summed E-state index contributed by atoms with van der Waals surface area (Å²) in [5.41, 5.74) is 6.79. The molecule has 0 fully saturated rings. The molecule has 1 rings (SSSR count). The summed E-state index contributed by atoms with van der Waals surface area (Å²) in [6, 6.07) is 6.98. The van der Waals surface area contributed by atoms with Crippen molar-refractivity contribution in [3.8, 4) is 0 Å². The zero-order chi connectivity index (χ0) is 13.0. The molecule has 0 saturated carbocycles. The molecule has 0 spiro atoms. The summed E-state index contributed by atoms with van der Waals surface area (Å²) in [7, 11) is 1.70. The lowest BCUT2D eigenvalue weighted by molar-refractivity contribution is -0.121. The summed E-state index contributed by atoms with van der Waals surface area (Å²) in [6.07, 6.45) is 0. The van der Waals surface area contributed by atoms with Crippen LogP contribution in [0.4, 0.5) is 5.69 Å². The molecule has 3 N–H and O–H groups in total. The van der Waals surface area contributed by atoms with Crippen LogP contribution >= 0.6 is 0 Å². The molecule has 0 radical (unpaired) electrons. The minimum absolute atomic E-state index is 0.0154. The highest BCUT2D eigenvalue weighted by Gasteiger charge is 2.15. The first kappa shape index (κ1) is 13.0. The first-order chi connectivity index (χ1) is 7.97. The Bertz CT molecular complexity index is 441. The predicted molar refractivity (Wildman–Crippen MR) is 67.2 cm³/mol. The van der Waals surface area contributed by atoms with E-state index < -0.39 is 0 Å². The van der Waals surface area contributed by atoms with Crippen LogP contribution in [0.3, 0.4) is 0 Å². The van der Waals surface area contributed by atoms with Crippen molar-refractivity contribution < 1.29 is 10.0 Å². The molecule has 0 aliphatic carbocycles. The van der Waals surface area contributed by atoms with E-state index in [0.717, 1.165) is 0 Å². The van der Waals surface area contributed by atoms with Crippen molar-refractivity contribution in [2.24, 2.45) is 16.8 Å². The first-order valence-corrected chi connectivity index (χ1v) is 5.33. The fraction of sp³-hybridized carbons (Fsp3) is 0.333. The number of nitrogens with two attached hydrogens (primary N) is 1. The Morgan fingerprint density at radius 3 is 2.65 bits per heavy atom. The highest BCUT2D eigenvalue weighted by Crippen LogP contribution is 2.16. The molecule has 1 amide bonds. The Morgan fingerprint density at radius 2 is 2.12 bits per heavy atom. The Kier molecular flexibility index (Phi) is 4.09. The van der Waals surface area contributed by atoms with Gasteiger partial charge in [0.25, 0.3) is 0 Å². The van der Waals surface area contributed by atoms with Gasteiger partial charge < -0.3 is 15.8 Å². The maximum Gasteiger partial charge on any atom is 0.229 e. The third-order valence-corrected chi connectivity index (χ3v) is 2.46. The molecule has 0 aliphatic rings. The van der Waals surface area contributed by atoms with Crippen LogP contribution in [-0.4, -0.2) is 24.0 Å². The van der Waals surface area contributed by atoms with E-state index in [1.807, 2.05) is 13.8 Å². The molecule has 0 atom stereocenters. The van der Waals surface area contributed by atoms with Crippen molar-refractivity contribution in [3.63, 3.8) is 0 Å². The molecule has 1 aromatic rings. The van der Waals surface area contributed by atoms with Gasteiger partial charge in [-0.3, -0.25) is 4.79 Å². The predicted octanol–water partition coefficient (Wildman–Crippen LogP) is 1.40. The van der Waals surface area contributed by atoms with E-state index in [9.17, 15) is 4.79 Å². The van der Waals surface area contributed by atoms with Crippen molar-refractivity contribution in [1.29, 1.82) is 0 Å². The highest BCUT2D eigenvalue weighted by molar-refractivity contribution is 5.99. The van der Waals surface area contributed by atoms with Gasteiger partial charge in [-0.25, -0.2) is 0 Å². The highest BCUT2D eigenvalue weighted by atomic mass is 16.4. The molecule has 92 valence electrons. The number of amides is 1. The Hall–Kier alpha value is -2.04. The van der Waals surface area contributed by atoms with Crippen LogP contribution in [0.15, 0.2) is 29.4 Å². The first-order valence-electron chi connectivity index (χ1n) is 5.33. The number of rotatable bonds is 3. The van der Waals surface area contributed by atoms with Gasteiger partial charge >= 0.3 is 0 Å². The summed E-state index contributed by atoms with van der Waals surface area (Å²) < 4.78 is 0. The van der Waals surface area contributed by atoms with E-state index in [1.165, 1.54) is 0 Å². The van der Waals surface area contributed by atoms with Crippen molar-refractivity contribution in [2.45, 2.75) is 13.8 Å². The van der Waals surface area contributed by atoms with Gasteiger partial charge in [0.2, 0.25) is 5.91 Å². The number of hydrogen-bond donors (Lipinski definition) is 2. The fourth-order valence-electron chi connectivity index (χ4n) is 1.45. The Labute approximate surface area is 101 Å². The van der Waals surface area contributed by atoms with Gasteiger partial charge in [-0.1, -0.05) is 31.1 Å². The Balaban J connectivity index is 3.04. The Morgan fingerprint density at radius 1 is 1.47 bits per heavy atom. The molecule has 5 heteroatoms. The molecular formula is C12H17N3O2. The SMILES string of the molecule is CC(C)C(=O)N(C)c1cccc(C(N)=NO)c1. The quantitative estimate of drug-likeness (QED) is 0.360. The number of carbonyl (C=O) groups excluding carboxylic acids is 1. The third kappa shape index (κ3) is 2.96. The van der Waals surface area contributed by atoms with E-state index in [4.69, 9.17) is 10.9 Å². The van der Waals surface area contributed by atoms with Crippen LogP contribution in [0, 0.1) is 5.92 Å². The number of anilines is 1. The molecule has 0 aliphatic heterocycles. The van der Waals surface area contributed by atoms with Crippen molar-refractivity contribution in [3.05, 3.63) is 29.8 Å². The molecule has 0 unspecified atom stereocenters. The van der Waals surface area contributed by atoms with Gasteiger partial charge in [0.1, 0.15) is 0 Å². The van der Waals surface area contributed by atoms with Gasteiger partial charge in [-0.05, 0) is 12.1 Å². The lowest BCUT2D eigenvalue weighted by atomic mass is 10.1. The molecule has 17 heavy (non-hydrogen) atoms. The summed E-state index contributed by atoms with van der Waals surface area (Å²) in [4.78, 5) is 13.4. The zero-order valence-electron chi connectivity index (χ0n) is 10.2.